The Bertz CT molecular complexity index is 808. The Labute approximate surface area is 204 Å². The molecule has 1 aromatic carbocycles. The Morgan fingerprint density at radius 1 is 0.824 bits per heavy atom. The number of para-hydroxylation sites is 1. The number of hydrogen-bond donors (Lipinski definition) is 1. The summed E-state index contributed by atoms with van der Waals surface area (Å²) in [4.78, 5) is 32.4. The van der Waals surface area contributed by atoms with Crippen molar-refractivity contribution in [3.63, 3.8) is 0 Å². The van der Waals surface area contributed by atoms with E-state index in [-0.39, 0.29) is 23.7 Å². The monoisotopic (exact) mass is 471 g/mol. The van der Waals surface area contributed by atoms with Gasteiger partial charge in [0.15, 0.2) is 0 Å². The molecule has 2 heterocycles. The number of piperidine rings is 1. The van der Waals surface area contributed by atoms with Crippen LogP contribution in [-0.4, -0.2) is 90.1 Å². The molecule has 0 unspecified atom stereocenters. The lowest BCUT2D eigenvalue weighted by atomic mass is 9.75. The quantitative estimate of drug-likeness (QED) is 0.662. The highest BCUT2D eigenvalue weighted by Gasteiger charge is 2.41. The molecule has 188 valence electrons. The molecule has 7 nitrogen and oxygen atoms in total. The molecule has 1 saturated carbocycles. The number of amides is 2. The van der Waals surface area contributed by atoms with Crippen LogP contribution in [0, 0.1) is 5.41 Å². The first kappa shape index (κ1) is 25.0. The van der Waals surface area contributed by atoms with Crippen molar-refractivity contribution in [1.82, 2.24) is 14.7 Å². The maximum Gasteiger partial charge on any atom is 0.225 e. The van der Waals surface area contributed by atoms with Crippen molar-refractivity contribution >= 4 is 11.8 Å². The molecule has 3 fully saturated rings. The minimum atomic E-state index is -0.836. The Kier molecular flexibility index (Phi) is 8.14. The number of hydrogen-bond acceptors (Lipinski definition) is 5. The van der Waals surface area contributed by atoms with Gasteiger partial charge >= 0.3 is 0 Å². The van der Waals surface area contributed by atoms with Gasteiger partial charge in [-0.15, -0.1) is 0 Å². The van der Waals surface area contributed by atoms with Crippen molar-refractivity contribution in [2.75, 3.05) is 52.9 Å². The van der Waals surface area contributed by atoms with Crippen LogP contribution in [0.4, 0.5) is 0 Å². The molecule has 2 amide bonds. The molecule has 2 saturated heterocycles. The van der Waals surface area contributed by atoms with E-state index in [1.807, 2.05) is 40.1 Å². The fraction of sp³-hybridized carbons (Fsp3) is 0.704. The third-order valence-corrected chi connectivity index (χ3v) is 8.11. The topological polar surface area (TPSA) is 73.3 Å². The molecule has 3 aliphatic rings. The number of rotatable bonds is 7. The first-order chi connectivity index (χ1) is 16.4. The van der Waals surface area contributed by atoms with E-state index in [9.17, 15) is 14.7 Å². The number of aliphatic hydroxyl groups is 1. The predicted octanol–water partition coefficient (Wildman–Crippen LogP) is 2.92. The number of carbonyl (C=O) groups is 2. The molecular weight excluding hydrogens is 430 g/mol. The highest BCUT2D eigenvalue weighted by molar-refractivity contribution is 5.78. The zero-order valence-corrected chi connectivity index (χ0v) is 20.7. The van der Waals surface area contributed by atoms with Crippen molar-refractivity contribution in [2.24, 2.45) is 5.41 Å². The van der Waals surface area contributed by atoms with E-state index in [0.29, 0.717) is 26.1 Å². The summed E-state index contributed by atoms with van der Waals surface area (Å²) in [5.74, 6) is 1.06. The van der Waals surface area contributed by atoms with Crippen molar-refractivity contribution < 1.29 is 19.4 Å². The Morgan fingerprint density at radius 3 is 2.06 bits per heavy atom. The van der Waals surface area contributed by atoms with Gasteiger partial charge in [0.2, 0.25) is 11.8 Å². The largest absolute Gasteiger partial charge is 0.493 e. The normalized spacial score (nSPS) is 22.9. The summed E-state index contributed by atoms with van der Waals surface area (Å²) >= 11 is 0. The first-order valence-electron chi connectivity index (χ1n) is 13.0. The van der Waals surface area contributed by atoms with E-state index in [4.69, 9.17) is 4.74 Å². The lowest BCUT2D eigenvalue weighted by molar-refractivity contribution is -0.142. The average molecular weight is 472 g/mol. The summed E-state index contributed by atoms with van der Waals surface area (Å²) in [6, 6.07) is 9.76. The van der Waals surface area contributed by atoms with E-state index in [0.717, 1.165) is 76.9 Å². The van der Waals surface area contributed by atoms with Crippen LogP contribution in [0.3, 0.4) is 0 Å². The van der Waals surface area contributed by atoms with E-state index < -0.39 is 5.60 Å². The molecule has 2 aliphatic heterocycles. The minimum absolute atomic E-state index is 0.0485. The van der Waals surface area contributed by atoms with Gasteiger partial charge in [0.1, 0.15) is 5.75 Å². The van der Waals surface area contributed by atoms with Crippen molar-refractivity contribution in [3.8, 4) is 5.75 Å². The second kappa shape index (κ2) is 11.1. The summed E-state index contributed by atoms with van der Waals surface area (Å²) in [6.45, 7) is 5.06. The highest BCUT2D eigenvalue weighted by Crippen LogP contribution is 2.38. The zero-order chi connectivity index (χ0) is 24.0. The second-order valence-corrected chi connectivity index (χ2v) is 10.8. The van der Waals surface area contributed by atoms with Gasteiger partial charge in [0.25, 0.3) is 0 Å². The van der Waals surface area contributed by atoms with Crippen molar-refractivity contribution in [1.29, 1.82) is 0 Å². The standard InChI is InChI=1S/C27H41N3O4/c1-28-16-18-30(19-17-28)24(31)20-26(22-34-23-8-4-2-5-9-23)12-14-29(15-13-26)25(32)21-27(33)10-6-3-7-11-27/h2,4-5,8-9,33H,3,6-7,10-22H2,1H3. The molecule has 1 N–H and O–H groups in total. The molecule has 0 spiro atoms. The first-order valence-corrected chi connectivity index (χ1v) is 13.0. The number of piperazine rings is 1. The third kappa shape index (κ3) is 6.51. The highest BCUT2D eigenvalue weighted by atomic mass is 16.5. The maximum absolute atomic E-state index is 13.2. The summed E-state index contributed by atoms with van der Waals surface area (Å²) in [6.07, 6.45) is 6.74. The van der Waals surface area contributed by atoms with Crippen molar-refractivity contribution in [3.05, 3.63) is 30.3 Å². The minimum Gasteiger partial charge on any atom is -0.493 e. The summed E-state index contributed by atoms with van der Waals surface area (Å²) in [5.41, 5.74) is -1.12. The molecule has 1 aromatic rings. The maximum atomic E-state index is 13.2. The van der Waals surface area contributed by atoms with Gasteiger partial charge in [0.05, 0.1) is 18.6 Å². The number of carbonyl (C=O) groups excluding carboxylic acids is 2. The Morgan fingerprint density at radius 2 is 1.41 bits per heavy atom. The lowest BCUT2D eigenvalue weighted by Crippen LogP contribution is -2.51. The molecule has 0 atom stereocenters. The predicted molar refractivity (Wildman–Crippen MR) is 132 cm³/mol. The SMILES string of the molecule is CN1CCN(C(=O)CC2(COc3ccccc3)CCN(C(=O)CC3(O)CCCCC3)CC2)CC1. The summed E-state index contributed by atoms with van der Waals surface area (Å²) in [5, 5.41) is 10.8. The number of likely N-dealkylation sites (tertiary alicyclic amines) is 1. The van der Waals surface area contributed by atoms with Crippen LogP contribution >= 0.6 is 0 Å². The van der Waals surface area contributed by atoms with Crippen LogP contribution in [-0.2, 0) is 9.59 Å². The van der Waals surface area contributed by atoms with Gasteiger partial charge in [-0.05, 0) is 44.9 Å². The van der Waals surface area contributed by atoms with Crippen LogP contribution in [0.15, 0.2) is 30.3 Å². The molecular formula is C27H41N3O4. The van der Waals surface area contributed by atoms with Gasteiger partial charge in [-0.25, -0.2) is 0 Å². The smallest absolute Gasteiger partial charge is 0.225 e. The molecule has 0 aromatic heterocycles. The molecule has 1 aliphatic carbocycles. The lowest BCUT2D eigenvalue weighted by Gasteiger charge is -2.43. The molecule has 4 rings (SSSR count). The zero-order valence-electron chi connectivity index (χ0n) is 20.7. The molecule has 0 radical (unpaired) electrons. The molecule has 34 heavy (non-hydrogen) atoms. The van der Waals surface area contributed by atoms with Crippen LogP contribution in [0.5, 0.6) is 5.75 Å². The number of benzene rings is 1. The molecule has 0 bridgehead atoms. The van der Waals surface area contributed by atoms with Gasteiger partial charge in [-0.3, -0.25) is 9.59 Å². The van der Waals surface area contributed by atoms with Gasteiger partial charge in [-0.2, -0.15) is 0 Å². The van der Waals surface area contributed by atoms with E-state index in [2.05, 4.69) is 11.9 Å². The average Bonchev–Trinajstić information content (AvgIpc) is 2.84. The van der Waals surface area contributed by atoms with Crippen LogP contribution in [0.25, 0.3) is 0 Å². The van der Waals surface area contributed by atoms with Gasteiger partial charge < -0.3 is 24.5 Å². The number of likely N-dealkylation sites (N-methyl/N-ethyl adjacent to an activating group) is 1. The summed E-state index contributed by atoms with van der Waals surface area (Å²) in [7, 11) is 2.09. The Hall–Kier alpha value is -2.12. The van der Waals surface area contributed by atoms with Crippen molar-refractivity contribution in [2.45, 2.75) is 63.4 Å². The van der Waals surface area contributed by atoms with E-state index >= 15 is 0 Å². The molecule has 7 heteroatoms. The third-order valence-electron chi connectivity index (χ3n) is 8.11. The fourth-order valence-corrected chi connectivity index (χ4v) is 5.62. The number of nitrogens with zero attached hydrogens (tertiary/aromatic N) is 3. The van der Waals surface area contributed by atoms with E-state index in [1.165, 1.54) is 0 Å². The summed E-state index contributed by atoms with van der Waals surface area (Å²) < 4.78 is 6.16. The second-order valence-electron chi connectivity index (χ2n) is 10.8. The van der Waals surface area contributed by atoms with E-state index in [1.54, 1.807) is 0 Å². The van der Waals surface area contributed by atoms with Crippen LogP contribution in [0.1, 0.15) is 57.8 Å². The van der Waals surface area contributed by atoms with Gasteiger partial charge in [0, 0.05) is 51.1 Å². The van der Waals surface area contributed by atoms with Crippen LogP contribution in [0.2, 0.25) is 0 Å². The fourth-order valence-electron chi connectivity index (χ4n) is 5.62. The number of ether oxygens (including phenoxy) is 1. The van der Waals surface area contributed by atoms with Gasteiger partial charge in [-0.1, -0.05) is 37.5 Å². The Balaban J connectivity index is 1.38. The van der Waals surface area contributed by atoms with Crippen LogP contribution < -0.4 is 4.74 Å².